The second kappa shape index (κ2) is 5.36. The van der Waals surface area contributed by atoms with Crippen LogP contribution in [0.2, 0.25) is 0 Å². The molecule has 2 heterocycles. The average molecular weight is 425 g/mol. The van der Waals surface area contributed by atoms with Crippen LogP contribution in [0.15, 0.2) is 36.7 Å². The van der Waals surface area contributed by atoms with Crippen molar-refractivity contribution in [2.24, 2.45) is 29.1 Å². The van der Waals surface area contributed by atoms with Crippen LogP contribution >= 0.6 is 0 Å². The molecule has 9 rings (SSSR count). The van der Waals surface area contributed by atoms with Crippen LogP contribution in [0.4, 0.5) is 0 Å². The van der Waals surface area contributed by atoms with Gasteiger partial charge in [0.2, 0.25) is 0 Å². The number of hydrogen-bond acceptors (Lipinski definition) is 3. The van der Waals surface area contributed by atoms with Crippen molar-refractivity contribution < 1.29 is 9.31 Å². The summed E-state index contributed by atoms with van der Waals surface area (Å²) in [4.78, 5) is 4.68. The quantitative estimate of drug-likeness (QED) is 0.596. The molecule has 0 radical (unpaired) electrons. The third-order valence-corrected chi connectivity index (χ3v) is 11.1. The molecule has 2 aromatic rings. The van der Waals surface area contributed by atoms with E-state index < -0.39 is 0 Å². The minimum Gasteiger partial charge on any atom is -0.399 e. The van der Waals surface area contributed by atoms with Gasteiger partial charge in [0.15, 0.2) is 0 Å². The summed E-state index contributed by atoms with van der Waals surface area (Å²) < 4.78 is 13.0. The predicted octanol–water partition coefficient (Wildman–Crippen LogP) is 5.10. The van der Waals surface area contributed by atoms with Crippen molar-refractivity contribution in [2.45, 2.75) is 76.4 Å². The molecule has 7 aliphatic rings. The number of rotatable bonds is 1. The lowest BCUT2D eigenvalue weighted by atomic mass is 9.42. The molecule has 3 nitrogen and oxygen atoms in total. The van der Waals surface area contributed by atoms with E-state index in [1.807, 2.05) is 6.20 Å². The van der Waals surface area contributed by atoms with E-state index in [2.05, 4.69) is 63.1 Å². The minimum atomic E-state index is -0.315. The second-order valence-electron chi connectivity index (χ2n) is 12.8. The minimum absolute atomic E-state index is 0.156. The summed E-state index contributed by atoms with van der Waals surface area (Å²) in [6.45, 7) is 8.59. The number of aromatic nitrogens is 1. The molecule has 4 bridgehead atoms. The van der Waals surface area contributed by atoms with E-state index in [1.165, 1.54) is 54.3 Å². The Morgan fingerprint density at radius 3 is 2.50 bits per heavy atom. The van der Waals surface area contributed by atoms with Crippen molar-refractivity contribution in [1.82, 2.24) is 4.98 Å². The summed E-state index contributed by atoms with van der Waals surface area (Å²) in [5.74, 6) is 3.62. The van der Waals surface area contributed by atoms with E-state index >= 15 is 0 Å². The third-order valence-electron chi connectivity index (χ3n) is 11.1. The maximum absolute atomic E-state index is 6.48. The molecule has 6 fully saturated rings. The van der Waals surface area contributed by atoms with Crippen LogP contribution in [-0.2, 0) is 14.7 Å². The number of nitrogens with zero attached hydrogens (tertiary/aromatic N) is 1. The van der Waals surface area contributed by atoms with E-state index in [-0.39, 0.29) is 23.7 Å². The molecular weight excluding hydrogens is 393 g/mol. The number of hydrogen-bond donors (Lipinski definition) is 0. The number of fused-ring (bicyclic) bond motifs is 3. The van der Waals surface area contributed by atoms with Crippen LogP contribution in [0.1, 0.15) is 70.9 Å². The molecule has 6 atom stereocenters. The van der Waals surface area contributed by atoms with Crippen LogP contribution < -0.4 is 5.46 Å². The molecule has 32 heavy (non-hydrogen) atoms. The van der Waals surface area contributed by atoms with Crippen LogP contribution in [0.5, 0.6) is 0 Å². The lowest BCUT2D eigenvalue weighted by Gasteiger charge is -2.61. The topological polar surface area (TPSA) is 31.4 Å². The van der Waals surface area contributed by atoms with Gasteiger partial charge in [-0.15, -0.1) is 0 Å². The fraction of sp³-hybridized carbons (Fsp3) is 0.607. The first-order chi connectivity index (χ1) is 15.3. The first-order valence-electron chi connectivity index (χ1n) is 12.7. The molecule has 2 spiro atoms. The Hall–Kier alpha value is -1.65. The van der Waals surface area contributed by atoms with E-state index in [9.17, 15) is 0 Å². The molecule has 4 heteroatoms. The van der Waals surface area contributed by atoms with E-state index in [4.69, 9.17) is 9.31 Å². The van der Waals surface area contributed by atoms with Gasteiger partial charge in [-0.3, -0.25) is 4.98 Å². The standard InChI is InChI=1S/C28H32BNO2/c1-25(2)26(3,4)32-29(31-25)19-5-6-20-21-7-8-30-15-24(21)28(22(20)12-19)18-10-16-9-17(11-18)23-14-27(23,28)13-16/h5-8,12,15-18,23H,9-11,13-14H2,1-4H3. The zero-order chi connectivity index (χ0) is 21.7. The maximum Gasteiger partial charge on any atom is 0.494 e. The molecule has 164 valence electrons. The summed E-state index contributed by atoms with van der Waals surface area (Å²) in [5.41, 5.74) is 7.16. The molecule has 1 aromatic heterocycles. The smallest absolute Gasteiger partial charge is 0.399 e. The molecular formula is C28H32BNO2. The lowest BCUT2D eigenvalue weighted by Crippen LogP contribution is -2.57. The SMILES string of the molecule is CC1(C)OB(c2ccc3c(c2)C2(c4cnccc4-3)C3CC4CC(C3)C3CC32C4)OC1(C)C. The Morgan fingerprint density at radius 1 is 0.906 bits per heavy atom. The van der Waals surface area contributed by atoms with Gasteiger partial charge in [-0.2, -0.15) is 0 Å². The molecule has 6 unspecified atom stereocenters. The molecule has 0 N–H and O–H groups in total. The number of benzene rings is 1. The van der Waals surface area contributed by atoms with Gasteiger partial charge in [-0.1, -0.05) is 18.2 Å². The van der Waals surface area contributed by atoms with Crippen molar-refractivity contribution in [3.05, 3.63) is 47.8 Å². The summed E-state index contributed by atoms with van der Waals surface area (Å²) in [6.07, 6.45) is 11.4. The molecule has 1 saturated heterocycles. The van der Waals surface area contributed by atoms with Gasteiger partial charge < -0.3 is 9.31 Å². The second-order valence-corrected chi connectivity index (χ2v) is 12.8. The summed E-state index contributed by atoms with van der Waals surface area (Å²) in [5, 5.41) is 0. The summed E-state index contributed by atoms with van der Waals surface area (Å²) in [6, 6.07) is 9.38. The Balaban J connectivity index is 1.34. The van der Waals surface area contributed by atoms with E-state index in [1.54, 1.807) is 5.56 Å². The van der Waals surface area contributed by atoms with Gasteiger partial charge in [-0.25, -0.2) is 0 Å². The zero-order valence-corrected chi connectivity index (χ0v) is 19.7. The fourth-order valence-electron chi connectivity index (χ4n) is 9.37. The predicted molar refractivity (Wildman–Crippen MR) is 126 cm³/mol. The van der Waals surface area contributed by atoms with Crippen LogP contribution in [0.3, 0.4) is 0 Å². The van der Waals surface area contributed by atoms with Crippen molar-refractivity contribution in [1.29, 1.82) is 0 Å². The first kappa shape index (κ1) is 18.7. The Morgan fingerprint density at radius 2 is 1.69 bits per heavy atom. The highest BCUT2D eigenvalue weighted by atomic mass is 16.7. The van der Waals surface area contributed by atoms with Gasteiger partial charge in [-0.05, 0) is 123 Å². The van der Waals surface area contributed by atoms with E-state index in [0.717, 1.165) is 23.7 Å². The van der Waals surface area contributed by atoms with Gasteiger partial charge >= 0.3 is 7.12 Å². The van der Waals surface area contributed by atoms with Crippen LogP contribution in [0, 0.1) is 29.1 Å². The molecule has 6 aliphatic carbocycles. The number of pyridine rings is 1. The van der Waals surface area contributed by atoms with Crippen LogP contribution in [0.25, 0.3) is 11.1 Å². The molecule has 0 amide bonds. The monoisotopic (exact) mass is 425 g/mol. The van der Waals surface area contributed by atoms with Gasteiger partial charge in [0.25, 0.3) is 0 Å². The largest absolute Gasteiger partial charge is 0.494 e. The normalized spacial score (nSPS) is 42.8. The highest BCUT2D eigenvalue weighted by Gasteiger charge is 2.79. The van der Waals surface area contributed by atoms with Crippen molar-refractivity contribution in [2.75, 3.05) is 0 Å². The Bertz CT molecular complexity index is 1170. The molecule has 1 aromatic carbocycles. The van der Waals surface area contributed by atoms with E-state index in [0.29, 0.717) is 5.41 Å². The highest BCUT2D eigenvalue weighted by Crippen LogP contribution is 2.85. The third kappa shape index (κ3) is 1.88. The lowest BCUT2D eigenvalue weighted by molar-refractivity contribution is -0.0498. The Labute approximate surface area is 191 Å². The van der Waals surface area contributed by atoms with Gasteiger partial charge in [0.05, 0.1) is 11.2 Å². The van der Waals surface area contributed by atoms with Crippen LogP contribution in [-0.4, -0.2) is 23.3 Å². The van der Waals surface area contributed by atoms with Crippen molar-refractivity contribution in [3.63, 3.8) is 0 Å². The molecule has 5 saturated carbocycles. The first-order valence-corrected chi connectivity index (χ1v) is 12.7. The molecule has 1 aliphatic heterocycles. The summed E-state index contributed by atoms with van der Waals surface area (Å²) in [7, 11) is -0.298. The average Bonchev–Trinajstić information content (AvgIpc) is 3.35. The van der Waals surface area contributed by atoms with Crippen molar-refractivity contribution >= 4 is 12.6 Å². The maximum atomic E-state index is 6.48. The van der Waals surface area contributed by atoms with Gasteiger partial charge in [0.1, 0.15) is 0 Å². The summed E-state index contributed by atoms with van der Waals surface area (Å²) >= 11 is 0. The van der Waals surface area contributed by atoms with Crippen molar-refractivity contribution in [3.8, 4) is 11.1 Å². The van der Waals surface area contributed by atoms with Gasteiger partial charge in [0, 0.05) is 17.8 Å². The zero-order valence-electron chi connectivity index (χ0n) is 19.7. The Kier molecular flexibility index (Phi) is 3.14. The highest BCUT2D eigenvalue weighted by molar-refractivity contribution is 6.62. The fourth-order valence-corrected chi connectivity index (χ4v) is 9.37.